The van der Waals surface area contributed by atoms with Crippen molar-refractivity contribution in [3.05, 3.63) is 45.7 Å². The molecule has 1 aromatic carbocycles. The number of benzene rings is 1. The Hall–Kier alpha value is -1.83. The largest absolute Gasteiger partial charge is 0.465 e. The van der Waals surface area contributed by atoms with Crippen LogP contribution in [-0.4, -0.2) is 18.1 Å². The quantitative estimate of drug-likeness (QED) is 0.665. The normalized spacial score (nSPS) is 10.0. The molecule has 0 saturated heterocycles. The SMILES string of the molecule is COC(=O)c1cc(Oc2ccc(I)cc2)ncc1N. The van der Waals surface area contributed by atoms with Crippen LogP contribution < -0.4 is 10.5 Å². The lowest BCUT2D eigenvalue weighted by Gasteiger charge is -2.08. The second kappa shape index (κ2) is 5.87. The average molecular weight is 370 g/mol. The molecule has 0 radical (unpaired) electrons. The molecule has 0 aliphatic carbocycles. The number of methoxy groups -OCH3 is 1. The predicted molar refractivity (Wildman–Crippen MR) is 79.2 cm³/mol. The summed E-state index contributed by atoms with van der Waals surface area (Å²) >= 11 is 2.20. The molecule has 0 fully saturated rings. The summed E-state index contributed by atoms with van der Waals surface area (Å²) in [4.78, 5) is 15.5. The summed E-state index contributed by atoms with van der Waals surface area (Å²) in [5.74, 6) is 0.400. The van der Waals surface area contributed by atoms with Crippen LogP contribution in [0.2, 0.25) is 0 Å². The van der Waals surface area contributed by atoms with Crippen LogP contribution in [0.25, 0.3) is 0 Å². The number of halogens is 1. The van der Waals surface area contributed by atoms with Gasteiger partial charge in [0.15, 0.2) is 0 Å². The van der Waals surface area contributed by atoms with Crippen molar-refractivity contribution in [3.8, 4) is 11.6 Å². The Bertz CT molecular complexity index is 599. The van der Waals surface area contributed by atoms with E-state index in [4.69, 9.17) is 10.5 Å². The zero-order valence-corrected chi connectivity index (χ0v) is 12.2. The highest BCUT2D eigenvalue weighted by atomic mass is 127. The molecule has 1 heterocycles. The van der Waals surface area contributed by atoms with E-state index in [-0.39, 0.29) is 17.1 Å². The Labute approximate surface area is 123 Å². The van der Waals surface area contributed by atoms with Crippen molar-refractivity contribution in [1.29, 1.82) is 0 Å². The van der Waals surface area contributed by atoms with Gasteiger partial charge in [-0.3, -0.25) is 0 Å². The zero-order chi connectivity index (χ0) is 13.8. The van der Waals surface area contributed by atoms with Gasteiger partial charge in [0, 0.05) is 9.64 Å². The van der Waals surface area contributed by atoms with E-state index in [0.29, 0.717) is 5.75 Å². The summed E-state index contributed by atoms with van der Waals surface area (Å²) in [5.41, 5.74) is 6.15. The highest BCUT2D eigenvalue weighted by Crippen LogP contribution is 2.23. The van der Waals surface area contributed by atoms with Gasteiger partial charge in [-0.2, -0.15) is 0 Å². The van der Waals surface area contributed by atoms with Crippen molar-refractivity contribution in [2.75, 3.05) is 12.8 Å². The molecular weight excluding hydrogens is 359 g/mol. The molecule has 0 aliphatic rings. The number of esters is 1. The molecule has 5 nitrogen and oxygen atoms in total. The van der Waals surface area contributed by atoms with Gasteiger partial charge in [0.05, 0.1) is 24.6 Å². The third-order valence-electron chi connectivity index (χ3n) is 2.35. The lowest BCUT2D eigenvalue weighted by atomic mass is 10.2. The van der Waals surface area contributed by atoms with Crippen LogP contribution in [0.3, 0.4) is 0 Å². The fourth-order valence-corrected chi connectivity index (χ4v) is 1.77. The first-order valence-electron chi connectivity index (χ1n) is 5.37. The molecule has 2 N–H and O–H groups in total. The van der Waals surface area contributed by atoms with Crippen molar-refractivity contribution in [3.63, 3.8) is 0 Å². The molecule has 0 unspecified atom stereocenters. The van der Waals surface area contributed by atoms with Crippen LogP contribution in [0.15, 0.2) is 36.5 Å². The molecule has 0 atom stereocenters. The lowest BCUT2D eigenvalue weighted by molar-refractivity contribution is 0.0601. The van der Waals surface area contributed by atoms with Crippen LogP contribution in [-0.2, 0) is 4.74 Å². The van der Waals surface area contributed by atoms with Gasteiger partial charge in [0.1, 0.15) is 5.75 Å². The van der Waals surface area contributed by atoms with Crippen molar-refractivity contribution < 1.29 is 14.3 Å². The number of anilines is 1. The van der Waals surface area contributed by atoms with E-state index in [1.807, 2.05) is 24.3 Å². The average Bonchev–Trinajstić information content (AvgIpc) is 2.42. The number of nitrogens with zero attached hydrogens (tertiary/aromatic N) is 1. The predicted octanol–water partition coefficient (Wildman–Crippen LogP) is 2.85. The third kappa shape index (κ3) is 3.34. The number of aromatic nitrogens is 1. The van der Waals surface area contributed by atoms with E-state index in [2.05, 4.69) is 32.3 Å². The van der Waals surface area contributed by atoms with E-state index in [9.17, 15) is 4.79 Å². The third-order valence-corrected chi connectivity index (χ3v) is 3.07. The number of rotatable bonds is 3. The van der Waals surface area contributed by atoms with Crippen LogP contribution in [0.1, 0.15) is 10.4 Å². The Morgan fingerprint density at radius 1 is 1.32 bits per heavy atom. The summed E-state index contributed by atoms with van der Waals surface area (Å²) in [5, 5.41) is 0. The molecule has 0 saturated carbocycles. The smallest absolute Gasteiger partial charge is 0.340 e. The van der Waals surface area contributed by atoms with Gasteiger partial charge in [-0.15, -0.1) is 0 Å². The van der Waals surface area contributed by atoms with Crippen LogP contribution in [0.5, 0.6) is 11.6 Å². The number of hydrogen-bond donors (Lipinski definition) is 1. The Kier molecular flexibility index (Phi) is 4.20. The summed E-state index contributed by atoms with van der Waals surface area (Å²) in [6, 6.07) is 8.91. The highest BCUT2D eigenvalue weighted by Gasteiger charge is 2.12. The van der Waals surface area contributed by atoms with Crippen molar-refractivity contribution in [1.82, 2.24) is 4.98 Å². The number of carbonyl (C=O) groups is 1. The van der Waals surface area contributed by atoms with E-state index in [1.165, 1.54) is 19.4 Å². The van der Waals surface area contributed by atoms with E-state index < -0.39 is 5.97 Å². The minimum Gasteiger partial charge on any atom is -0.465 e. The second-order valence-electron chi connectivity index (χ2n) is 3.66. The Morgan fingerprint density at radius 3 is 2.63 bits per heavy atom. The molecule has 0 aliphatic heterocycles. The van der Waals surface area contributed by atoms with Crippen molar-refractivity contribution >= 4 is 34.2 Å². The van der Waals surface area contributed by atoms with Gasteiger partial charge in [0.2, 0.25) is 5.88 Å². The first-order chi connectivity index (χ1) is 9.10. The lowest BCUT2D eigenvalue weighted by Crippen LogP contribution is -2.06. The molecule has 0 spiro atoms. The molecular formula is C13H11IN2O3. The molecule has 0 bridgehead atoms. The Balaban J connectivity index is 2.26. The summed E-state index contributed by atoms with van der Waals surface area (Å²) < 4.78 is 11.3. The first-order valence-corrected chi connectivity index (χ1v) is 6.45. The Morgan fingerprint density at radius 2 is 2.00 bits per heavy atom. The van der Waals surface area contributed by atoms with Gasteiger partial charge >= 0.3 is 5.97 Å². The van der Waals surface area contributed by atoms with E-state index in [0.717, 1.165) is 3.57 Å². The standard InChI is InChI=1S/C13H11IN2O3/c1-18-13(17)10-6-12(16-7-11(10)15)19-9-4-2-8(14)3-5-9/h2-7H,15H2,1H3. The number of hydrogen-bond acceptors (Lipinski definition) is 5. The van der Waals surface area contributed by atoms with Crippen LogP contribution >= 0.6 is 22.6 Å². The fourth-order valence-electron chi connectivity index (χ4n) is 1.41. The van der Waals surface area contributed by atoms with Gasteiger partial charge in [0.25, 0.3) is 0 Å². The summed E-state index contributed by atoms with van der Waals surface area (Å²) in [6.45, 7) is 0. The number of nitrogen functional groups attached to an aromatic ring is 1. The second-order valence-corrected chi connectivity index (χ2v) is 4.90. The molecule has 2 aromatic rings. The number of nitrogens with two attached hydrogens (primary N) is 1. The number of pyridine rings is 1. The number of carbonyl (C=O) groups excluding carboxylic acids is 1. The minimum absolute atomic E-state index is 0.234. The van der Waals surface area contributed by atoms with Gasteiger partial charge < -0.3 is 15.2 Å². The molecule has 1 aromatic heterocycles. The van der Waals surface area contributed by atoms with Crippen molar-refractivity contribution in [2.24, 2.45) is 0 Å². The zero-order valence-electron chi connectivity index (χ0n) is 10.1. The van der Waals surface area contributed by atoms with Crippen LogP contribution in [0.4, 0.5) is 5.69 Å². The van der Waals surface area contributed by atoms with Gasteiger partial charge in [-0.05, 0) is 46.9 Å². The molecule has 98 valence electrons. The molecule has 19 heavy (non-hydrogen) atoms. The number of ether oxygens (including phenoxy) is 2. The highest BCUT2D eigenvalue weighted by molar-refractivity contribution is 14.1. The maximum absolute atomic E-state index is 11.5. The van der Waals surface area contributed by atoms with E-state index in [1.54, 1.807) is 0 Å². The molecule has 6 heteroatoms. The molecule has 0 amide bonds. The van der Waals surface area contributed by atoms with Gasteiger partial charge in [-0.25, -0.2) is 9.78 Å². The summed E-state index contributed by atoms with van der Waals surface area (Å²) in [6.07, 6.45) is 1.37. The maximum Gasteiger partial charge on any atom is 0.340 e. The molecule has 2 rings (SSSR count). The van der Waals surface area contributed by atoms with Crippen LogP contribution in [0, 0.1) is 3.57 Å². The van der Waals surface area contributed by atoms with Crippen molar-refractivity contribution in [2.45, 2.75) is 0 Å². The minimum atomic E-state index is -0.521. The monoisotopic (exact) mass is 370 g/mol. The van der Waals surface area contributed by atoms with Gasteiger partial charge in [-0.1, -0.05) is 0 Å². The topological polar surface area (TPSA) is 74.4 Å². The fraction of sp³-hybridized carbons (Fsp3) is 0.0769. The first kappa shape index (κ1) is 13.6. The maximum atomic E-state index is 11.5. The van der Waals surface area contributed by atoms with E-state index >= 15 is 0 Å². The summed E-state index contributed by atoms with van der Waals surface area (Å²) in [7, 11) is 1.29.